The highest BCUT2D eigenvalue weighted by atomic mass is 19.4. The third-order valence-corrected chi connectivity index (χ3v) is 2.04. The maximum atomic E-state index is 12.9. The van der Waals surface area contributed by atoms with Gasteiger partial charge in [0.1, 0.15) is 5.52 Å². The smallest absolute Gasteiger partial charge is 0.435 e. The van der Waals surface area contributed by atoms with Crippen LogP contribution in [0.15, 0.2) is 22.6 Å². The van der Waals surface area contributed by atoms with Crippen LogP contribution in [0.5, 0.6) is 0 Å². The van der Waals surface area contributed by atoms with Crippen LogP contribution in [-0.2, 0) is 5.92 Å². The minimum Gasteiger partial charge on any atom is -0.435 e. The van der Waals surface area contributed by atoms with Crippen molar-refractivity contribution in [3.8, 4) is 0 Å². The Morgan fingerprint density at radius 2 is 1.76 bits per heavy atom. The molecule has 3 nitrogen and oxygen atoms in total. The number of oxazole rings is 1. The molecule has 2 N–H and O–H groups in total. The van der Waals surface area contributed by atoms with E-state index < -0.39 is 18.0 Å². The van der Waals surface area contributed by atoms with E-state index in [0.717, 1.165) is 6.07 Å². The number of benzene rings is 1. The maximum Gasteiger partial charge on any atom is 0.463 e. The summed E-state index contributed by atoms with van der Waals surface area (Å²) in [5.41, 5.74) is 5.19. The van der Waals surface area contributed by atoms with Crippen molar-refractivity contribution >= 4 is 16.8 Å². The molecule has 0 aliphatic carbocycles. The molecule has 0 bridgehead atoms. The number of fused-ring (bicyclic) bond motifs is 1. The molecule has 17 heavy (non-hydrogen) atoms. The lowest BCUT2D eigenvalue weighted by Gasteiger charge is -2.15. The molecule has 0 saturated heterocycles. The van der Waals surface area contributed by atoms with Gasteiger partial charge >= 0.3 is 12.1 Å². The van der Waals surface area contributed by atoms with Crippen LogP contribution in [0.25, 0.3) is 11.1 Å². The first-order valence-electron chi connectivity index (χ1n) is 4.33. The number of anilines is 1. The molecule has 0 radical (unpaired) electrons. The topological polar surface area (TPSA) is 52.0 Å². The molecule has 1 aromatic carbocycles. The fourth-order valence-electron chi connectivity index (χ4n) is 1.20. The quantitative estimate of drug-likeness (QED) is 0.626. The molecule has 0 unspecified atom stereocenters. The van der Waals surface area contributed by atoms with Crippen LogP contribution in [0, 0.1) is 0 Å². The number of nitrogens with zero attached hydrogens (tertiary/aromatic N) is 1. The molecule has 8 heteroatoms. The van der Waals surface area contributed by atoms with Crippen LogP contribution in [0.4, 0.5) is 27.6 Å². The van der Waals surface area contributed by atoms with E-state index in [1.54, 1.807) is 0 Å². The van der Waals surface area contributed by atoms with Crippen molar-refractivity contribution in [2.45, 2.75) is 12.1 Å². The highest BCUT2D eigenvalue weighted by Crippen LogP contribution is 2.44. The second-order valence-electron chi connectivity index (χ2n) is 3.32. The molecular formula is C9H5F5N2O. The third-order valence-electron chi connectivity index (χ3n) is 2.04. The number of rotatable bonds is 1. The van der Waals surface area contributed by atoms with E-state index in [-0.39, 0.29) is 16.8 Å². The SMILES string of the molecule is Nc1ccc2oc(C(F)(F)C(F)(F)F)nc2c1. The molecule has 0 fully saturated rings. The maximum absolute atomic E-state index is 12.9. The van der Waals surface area contributed by atoms with Gasteiger partial charge in [0.05, 0.1) is 0 Å². The summed E-state index contributed by atoms with van der Waals surface area (Å²) in [6.07, 6.45) is -5.75. The zero-order valence-corrected chi connectivity index (χ0v) is 8.05. The number of nitrogen functional groups attached to an aromatic ring is 1. The first-order chi connectivity index (χ1) is 7.72. The average Bonchev–Trinajstić information content (AvgIpc) is 2.58. The van der Waals surface area contributed by atoms with Gasteiger partial charge in [-0.3, -0.25) is 0 Å². The van der Waals surface area contributed by atoms with Crippen molar-refractivity contribution in [2.24, 2.45) is 0 Å². The normalized spacial score (nSPS) is 13.2. The van der Waals surface area contributed by atoms with Crippen LogP contribution in [0.1, 0.15) is 5.89 Å². The van der Waals surface area contributed by atoms with Crippen molar-refractivity contribution in [3.63, 3.8) is 0 Å². The zero-order valence-electron chi connectivity index (χ0n) is 8.05. The van der Waals surface area contributed by atoms with Gasteiger partial charge in [0.15, 0.2) is 5.58 Å². The van der Waals surface area contributed by atoms with Gasteiger partial charge in [-0.05, 0) is 18.2 Å². The number of hydrogen-bond donors (Lipinski definition) is 1. The molecule has 0 aliphatic rings. The number of halogens is 5. The predicted molar refractivity (Wildman–Crippen MR) is 48.4 cm³/mol. The van der Waals surface area contributed by atoms with E-state index in [1.807, 2.05) is 0 Å². The molecule has 0 aliphatic heterocycles. The Morgan fingerprint density at radius 1 is 1.12 bits per heavy atom. The molecule has 1 heterocycles. The zero-order chi connectivity index (χ0) is 12.8. The monoisotopic (exact) mass is 252 g/mol. The van der Waals surface area contributed by atoms with Crippen LogP contribution >= 0.6 is 0 Å². The highest BCUT2D eigenvalue weighted by molar-refractivity contribution is 5.76. The van der Waals surface area contributed by atoms with E-state index >= 15 is 0 Å². The second-order valence-corrected chi connectivity index (χ2v) is 3.32. The Morgan fingerprint density at radius 3 is 2.35 bits per heavy atom. The van der Waals surface area contributed by atoms with E-state index in [9.17, 15) is 22.0 Å². The number of aromatic nitrogens is 1. The molecule has 0 saturated carbocycles. The summed E-state index contributed by atoms with van der Waals surface area (Å²) in [6, 6.07) is 3.63. The van der Waals surface area contributed by atoms with Crippen LogP contribution < -0.4 is 5.73 Å². The van der Waals surface area contributed by atoms with Gasteiger partial charge in [0.2, 0.25) is 0 Å². The first-order valence-corrected chi connectivity index (χ1v) is 4.33. The lowest BCUT2D eigenvalue weighted by molar-refractivity contribution is -0.297. The Labute approximate surface area is 91.0 Å². The lowest BCUT2D eigenvalue weighted by Crippen LogP contribution is -2.33. The van der Waals surface area contributed by atoms with Gasteiger partial charge in [-0.25, -0.2) is 4.98 Å². The minimum absolute atomic E-state index is 0.149. The van der Waals surface area contributed by atoms with Crippen LogP contribution in [0.3, 0.4) is 0 Å². The van der Waals surface area contributed by atoms with Crippen LogP contribution in [0.2, 0.25) is 0 Å². The second kappa shape index (κ2) is 3.31. The van der Waals surface area contributed by atoms with Crippen molar-refractivity contribution in [1.29, 1.82) is 0 Å². The van der Waals surface area contributed by atoms with Gasteiger partial charge in [0.25, 0.3) is 5.89 Å². The Hall–Kier alpha value is -1.86. The number of alkyl halides is 5. The summed E-state index contributed by atoms with van der Waals surface area (Å²) < 4.78 is 66.3. The fourth-order valence-corrected chi connectivity index (χ4v) is 1.20. The standard InChI is InChI=1S/C9H5F5N2O/c10-8(11,9(12,13)14)7-16-5-3-4(15)1-2-6(5)17-7/h1-3H,15H2. The Kier molecular flexibility index (Phi) is 2.27. The summed E-state index contributed by atoms with van der Waals surface area (Å²) in [5, 5.41) is 0. The summed E-state index contributed by atoms with van der Waals surface area (Å²) in [6.45, 7) is 0. The molecule has 2 aromatic rings. The van der Waals surface area contributed by atoms with Crippen LogP contribution in [-0.4, -0.2) is 11.2 Å². The minimum atomic E-state index is -5.75. The summed E-state index contributed by atoms with van der Waals surface area (Å²) in [5.74, 6) is -6.81. The van der Waals surface area contributed by atoms with E-state index in [2.05, 4.69) is 9.40 Å². The molecular weight excluding hydrogens is 247 g/mol. The van der Waals surface area contributed by atoms with Gasteiger partial charge in [-0.2, -0.15) is 22.0 Å². The molecule has 0 amide bonds. The third kappa shape index (κ3) is 1.79. The Balaban J connectivity index is 2.57. The molecule has 1 aromatic heterocycles. The molecule has 0 spiro atoms. The Bertz CT molecular complexity index is 560. The highest BCUT2D eigenvalue weighted by Gasteiger charge is 2.62. The summed E-state index contributed by atoms with van der Waals surface area (Å²) >= 11 is 0. The molecule has 92 valence electrons. The number of hydrogen-bond acceptors (Lipinski definition) is 3. The van der Waals surface area contributed by atoms with Gasteiger partial charge in [0, 0.05) is 5.69 Å². The summed E-state index contributed by atoms with van der Waals surface area (Å²) in [4.78, 5) is 3.10. The first kappa shape index (κ1) is 11.6. The summed E-state index contributed by atoms with van der Waals surface area (Å²) in [7, 11) is 0. The predicted octanol–water partition coefficient (Wildman–Crippen LogP) is 3.06. The van der Waals surface area contributed by atoms with Crippen molar-refractivity contribution in [1.82, 2.24) is 4.98 Å². The van der Waals surface area contributed by atoms with Crippen molar-refractivity contribution in [2.75, 3.05) is 5.73 Å². The van der Waals surface area contributed by atoms with Gasteiger partial charge < -0.3 is 10.2 Å². The molecule has 0 atom stereocenters. The number of nitrogens with two attached hydrogens (primary N) is 1. The largest absolute Gasteiger partial charge is 0.463 e. The van der Waals surface area contributed by atoms with Crippen molar-refractivity contribution in [3.05, 3.63) is 24.1 Å². The van der Waals surface area contributed by atoms with Gasteiger partial charge in [-0.15, -0.1) is 0 Å². The van der Waals surface area contributed by atoms with E-state index in [4.69, 9.17) is 5.73 Å². The van der Waals surface area contributed by atoms with E-state index in [1.165, 1.54) is 12.1 Å². The van der Waals surface area contributed by atoms with Gasteiger partial charge in [-0.1, -0.05) is 0 Å². The lowest BCUT2D eigenvalue weighted by atomic mass is 10.3. The molecule has 2 rings (SSSR count). The van der Waals surface area contributed by atoms with Crippen molar-refractivity contribution < 1.29 is 26.4 Å². The fraction of sp³-hybridized carbons (Fsp3) is 0.222. The van der Waals surface area contributed by atoms with E-state index in [0.29, 0.717) is 0 Å². The average molecular weight is 252 g/mol.